The summed E-state index contributed by atoms with van der Waals surface area (Å²) >= 11 is 0. The molecule has 29 heavy (non-hydrogen) atoms. The minimum absolute atomic E-state index is 0.0261. The lowest BCUT2D eigenvalue weighted by atomic mass is 10.1. The van der Waals surface area contributed by atoms with Crippen molar-refractivity contribution in [3.8, 4) is 22.9 Å². The van der Waals surface area contributed by atoms with Gasteiger partial charge in [-0.15, -0.1) is 0 Å². The Hall–Kier alpha value is -3.35. The molecule has 0 aliphatic carbocycles. The maximum absolute atomic E-state index is 12.5. The fourth-order valence-corrected chi connectivity index (χ4v) is 3.37. The molecule has 2 aromatic carbocycles. The van der Waals surface area contributed by atoms with Crippen molar-refractivity contribution in [2.45, 2.75) is 32.3 Å². The normalized spacial score (nSPS) is 16.5. The third-order valence-corrected chi connectivity index (χ3v) is 4.77. The van der Waals surface area contributed by atoms with E-state index in [1.165, 1.54) is 0 Å². The summed E-state index contributed by atoms with van der Waals surface area (Å²) in [6.07, 6.45) is 0.449. The van der Waals surface area contributed by atoms with Gasteiger partial charge in [0, 0.05) is 30.3 Å². The van der Waals surface area contributed by atoms with Gasteiger partial charge in [0.25, 0.3) is 0 Å². The predicted molar refractivity (Wildman–Crippen MR) is 108 cm³/mol. The molecule has 4 rings (SSSR count). The van der Waals surface area contributed by atoms with E-state index in [0.29, 0.717) is 30.4 Å². The number of rotatable bonds is 6. The highest BCUT2D eigenvalue weighted by Crippen LogP contribution is 2.33. The molecule has 1 aliphatic rings. The van der Waals surface area contributed by atoms with Crippen LogP contribution in [0.15, 0.2) is 53.1 Å². The Morgan fingerprint density at radius 1 is 1.14 bits per heavy atom. The second kappa shape index (κ2) is 7.95. The monoisotopic (exact) mass is 393 g/mol. The van der Waals surface area contributed by atoms with Gasteiger partial charge >= 0.3 is 0 Å². The molecule has 1 aliphatic heterocycles. The summed E-state index contributed by atoms with van der Waals surface area (Å²) in [5.74, 6) is 2.37. The molecule has 0 saturated carbocycles. The molecule has 1 unspecified atom stereocenters. The smallest absolute Gasteiger partial charge is 0.232 e. The molecule has 7 nitrogen and oxygen atoms in total. The first kappa shape index (κ1) is 19.0. The minimum Gasteiger partial charge on any atom is -0.497 e. The summed E-state index contributed by atoms with van der Waals surface area (Å²) in [5.41, 5.74) is 1.64. The van der Waals surface area contributed by atoms with Crippen molar-refractivity contribution in [1.29, 1.82) is 0 Å². The van der Waals surface area contributed by atoms with Gasteiger partial charge in [-0.3, -0.25) is 4.79 Å². The lowest BCUT2D eigenvalue weighted by Crippen LogP contribution is -2.24. The maximum Gasteiger partial charge on any atom is 0.232 e. The summed E-state index contributed by atoms with van der Waals surface area (Å²) < 4.78 is 16.4. The number of benzene rings is 2. The quantitative estimate of drug-likeness (QED) is 0.629. The number of anilines is 1. The van der Waals surface area contributed by atoms with Crippen LogP contribution in [0.5, 0.6) is 11.5 Å². The van der Waals surface area contributed by atoms with E-state index in [2.05, 4.69) is 10.1 Å². The summed E-state index contributed by atoms with van der Waals surface area (Å²) in [7, 11) is 1.61. The van der Waals surface area contributed by atoms with Crippen LogP contribution < -0.4 is 14.4 Å². The van der Waals surface area contributed by atoms with Gasteiger partial charge in [-0.05, 0) is 50.2 Å². The van der Waals surface area contributed by atoms with Gasteiger partial charge in [0.05, 0.1) is 19.1 Å². The Morgan fingerprint density at radius 2 is 1.93 bits per heavy atom. The standard InChI is InChI=1S/C22H23N3O4/c1-14(2)28-18-9-7-15(8-10-18)21-23-22(29-24-21)16-11-20(26)25(13-16)17-5-4-6-19(12-17)27-3/h4-10,12,14,16H,11,13H2,1-3H3. The van der Waals surface area contributed by atoms with E-state index >= 15 is 0 Å². The Morgan fingerprint density at radius 3 is 2.66 bits per heavy atom. The summed E-state index contributed by atoms with van der Waals surface area (Å²) in [6.45, 7) is 4.46. The predicted octanol–water partition coefficient (Wildman–Crippen LogP) is 4.05. The Labute approximate surface area is 169 Å². The Kier molecular flexibility index (Phi) is 5.20. The molecule has 2 heterocycles. The van der Waals surface area contributed by atoms with Crippen molar-refractivity contribution in [3.05, 3.63) is 54.4 Å². The van der Waals surface area contributed by atoms with Gasteiger partial charge in [0.2, 0.25) is 17.6 Å². The molecule has 0 N–H and O–H groups in total. The second-order valence-corrected chi connectivity index (χ2v) is 7.25. The molecular formula is C22H23N3O4. The Bertz CT molecular complexity index is 997. The zero-order valence-corrected chi connectivity index (χ0v) is 16.7. The van der Waals surface area contributed by atoms with Gasteiger partial charge in [-0.2, -0.15) is 4.98 Å². The highest BCUT2D eigenvalue weighted by Gasteiger charge is 2.35. The topological polar surface area (TPSA) is 77.7 Å². The van der Waals surface area contributed by atoms with Crippen LogP contribution in [0.1, 0.15) is 32.1 Å². The summed E-state index contributed by atoms with van der Waals surface area (Å²) in [5, 5.41) is 4.10. The summed E-state index contributed by atoms with van der Waals surface area (Å²) in [4.78, 5) is 18.8. The third-order valence-electron chi connectivity index (χ3n) is 4.77. The number of nitrogens with zero attached hydrogens (tertiary/aromatic N) is 3. The zero-order valence-electron chi connectivity index (χ0n) is 16.7. The molecule has 0 radical (unpaired) electrons. The van der Waals surface area contributed by atoms with Crippen LogP contribution in [-0.4, -0.2) is 35.8 Å². The van der Waals surface area contributed by atoms with Gasteiger partial charge in [0.15, 0.2) is 0 Å². The summed E-state index contributed by atoms with van der Waals surface area (Å²) in [6, 6.07) is 15.0. The highest BCUT2D eigenvalue weighted by molar-refractivity contribution is 5.96. The van der Waals surface area contributed by atoms with Crippen LogP contribution in [0.3, 0.4) is 0 Å². The van der Waals surface area contributed by atoms with Crippen LogP contribution in [0, 0.1) is 0 Å². The van der Waals surface area contributed by atoms with E-state index in [4.69, 9.17) is 14.0 Å². The molecule has 7 heteroatoms. The largest absolute Gasteiger partial charge is 0.497 e. The van der Waals surface area contributed by atoms with Crippen LogP contribution in [0.25, 0.3) is 11.4 Å². The number of hydrogen-bond acceptors (Lipinski definition) is 6. The maximum atomic E-state index is 12.5. The first-order valence-corrected chi connectivity index (χ1v) is 9.58. The zero-order chi connectivity index (χ0) is 20.4. The van der Waals surface area contributed by atoms with E-state index < -0.39 is 0 Å². The van der Waals surface area contributed by atoms with Gasteiger partial charge in [-0.25, -0.2) is 0 Å². The molecule has 3 aromatic rings. The van der Waals surface area contributed by atoms with Gasteiger partial charge < -0.3 is 18.9 Å². The Balaban J connectivity index is 1.49. The first-order chi connectivity index (χ1) is 14.0. The average Bonchev–Trinajstić information content (AvgIpc) is 3.35. The van der Waals surface area contributed by atoms with Crippen molar-refractivity contribution in [1.82, 2.24) is 10.1 Å². The number of carbonyl (C=O) groups excluding carboxylic acids is 1. The van der Waals surface area contributed by atoms with E-state index in [1.807, 2.05) is 62.4 Å². The molecule has 1 atom stereocenters. The van der Waals surface area contributed by atoms with Crippen LogP contribution >= 0.6 is 0 Å². The van der Waals surface area contributed by atoms with E-state index in [0.717, 1.165) is 17.0 Å². The lowest BCUT2D eigenvalue weighted by molar-refractivity contribution is -0.117. The van der Waals surface area contributed by atoms with Gasteiger partial charge in [-0.1, -0.05) is 11.2 Å². The lowest BCUT2D eigenvalue weighted by Gasteiger charge is -2.16. The number of methoxy groups -OCH3 is 1. The van der Waals surface area contributed by atoms with Crippen molar-refractivity contribution < 1.29 is 18.8 Å². The highest BCUT2D eigenvalue weighted by atomic mass is 16.5. The molecule has 1 saturated heterocycles. The number of ether oxygens (including phenoxy) is 2. The SMILES string of the molecule is COc1cccc(N2CC(c3nc(-c4ccc(OC(C)C)cc4)no3)CC2=O)c1. The van der Waals surface area contributed by atoms with Crippen LogP contribution in [-0.2, 0) is 4.79 Å². The molecule has 0 spiro atoms. The van der Waals surface area contributed by atoms with Crippen LogP contribution in [0.2, 0.25) is 0 Å². The fourth-order valence-electron chi connectivity index (χ4n) is 3.37. The number of carbonyl (C=O) groups is 1. The van der Waals surface area contributed by atoms with Crippen molar-refractivity contribution in [2.75, 3.05) is 18.6 Å². The van der Waals surface area contributed by atoms with Gasteiger partial charge in [0.1, 0.15) is 11.5 Å². The van der Waals surface area contributed by atoms with Crippen LogP contribution in [0.4, 0.5) is 5.69 Å². The molecule has 1 fully saturated rings. The minimum atomic E-state index is -0.140. The third kappa shape index (κ3) is 4.08. The van der Waals surface area contributed by atoms with E-state index in [1.54, 1.807) is 12.0 Å². The van der Waals surface area contributed by atoms with Crippen molar-refractivity contribution in [3.63, 3.8) is 0 Å². The van der Waals surface area contributed by atoms with Crippen molar-refractivity contribution in [2.24, 2.45) is 0 Å². The molecule has 1 aromatic heterocycles. The average molecular weight is 393 g/mol. The first-order valence-electron chi connectivity index (χ1n) is 9.58. The second-order valence-electron chi connectivity index (χ2n) is 7.25. The molecular weight excluding hydrogens is 370 g/mol. The molecule has 150 valence electrons. The number of aromatic nitrogens is 2. The molecule has 0 bridgehead atoms. The van der Waals surface area contributed by atoms with E-state index in [-0.39, 0.29) is 17.9 Å². The van der Waals surface area contributed by atoms with E-state index in [9.17, 15) is 4.79 Å². The number of amides is 1. The fraction of sp³-hybridized carbons (Fsp3) is 0.318. The van der Waals surface area contributed by atoms with Crippen molar-refractivity contribution >= 4 is 11.6 Å². The number of hydrogen-bond donors (Lipinski definition) is 0. The molecule has 1 amide bonds.